The van der Waals surface area contributed by atoms with Crippen molar-refractivity contribution < 1.29 is 19.1 Å². The van der Waals surface area contributed by atoms with E-state index in [0.717, 1.165) is 5.56 Å². The summed E-state index contributed by atoms with van der Waals surface area (Å²) in [5.74, 6) is -0.516. The molecule has 1 N–H and O–H groups in total. The second-order valence-corrected chi connectivity index (χ2v) is 7.29. The fourth-order valence-corrected chi connectivity index (χ4v) is 3.66. The zero-order chi connectivity index (χ0) is 20.1. The molecule has 1 amide bonds. The van der Waals surface area contributed by atoms with Crippen LogP contribution in [0.25, 0.3) is 0 Å². The van der Waals surface area contributed by atoms with Crippen LogP contribution in [0.15, 0.2) is 60.0 Å². The summed E-state index contributed by atoms with van der Waals surface area (Å²) in [5.41, 5.74) is 1.85. The van der Waals surface area contributed by atoms with Crippen molar-refractivity contribution in [3.8, 4) is 5.75 Å². The van der Waals surface area contributed by atoms with Gasteiger partial charge in [0.15, 0.2) is 0 Å². The molecule has 0 radical (unpaired) electrons. The number of esters is 1. The maximum absolute atomic E-state index is 12.9. The molecule has 0 fully saturated rings. The molecule has 144 valence electrons. The molecular formula is C21H18ClNO4S. The van der Waals surface area contributed by atoms with E-state index in [1.54, 1.807) is 42.5 Å². The van der Waals surface area contributed by atoms with Crippen molar-refractivity contribution in [1.29, 1.82) is 0 Å². The fraction of sp³-hybridized carbons (Fsp3) is 0.143. The number of ether oxygens (including phenoxy) is 2. The lowest BCUT2D eigenvalue weighted by Crippen LogP contribution is -2.25. The summed E-state index contributed by atoms with van der Waals surface area (Å²) in [5, 5.41) is 4.92. The number of benzene rings is 2. The molecule has 0 spiro atoms. The Bertz CT molecular complexity index is 987. The second kappa shape index (κ2) is 8.91. The summed E-state index contributed by atoms with van der Waals surface area (Å²) >= 11 is 7.40. The summed E-state index contributed by atoms with van der Waals surface area (Å²) in [6.07, 6.45) is -1.10. The first-order valence-corrected chi connectivity index (χ1v) is 9.69. The van der Waals surface area contributed by atoms with E-state index in [4.69, 9.17) is 21.1 Å². The van der Waals surface area contributed by atoms with E-state index in [0.29, 0.717) is 26.9 Å². The molecule has 0 saturated heterocycles. The number of halogens is 1. The Balaban J connectivity index is 1.84. The van der Waals surface area contributed by atoms with Crippen LogP contribution in [-0.2, 0) is 9.53 Å². The molecule has 2 aromatic carbocycles. The zero-order valence-corrected chi connectivity index (χ0v) is 16.8. The van der Waals surface area contributed by atoms with Crippen LogP contribution in [-0.4, -0.2) is 19.0 Å². The first kappa shape index (κ1) is 19.9. The highest BCUT2D eigenvalue weighted by Crippen LogP contribution is 2.29. The van der Waals surface area contributed by atoms with Crippen molar-refractivity contribution in [3.63, 3.8) is 0 Å². The molecule has 0 bridgehead atoms. The van der Waals surface area contributed by atoms with Crippen LogP contribution in [0, 0.1) is 6.92 Å². The first-order valence-electron chi connectivity index (χ1n) is 8.44. The number of aryl methyl sites for hydroxylation is 1. The van der Waals surface area contributed by atoms with Gasteiger partial charge >= 0.3 is 5.97 Å². The normalized spacial score (nSPS) is 11.5. The largest absolute Gasteiger partial charge is 0.495 e. The molecule has 0 unspecified atom stereocenters. The fourth-order valence-electron chi connectivity index (χ4n) is 2.60. The predicted octanol–water partition coefficient (Wildman–Crippen LogP) is 5.26. The van der Waals surface area contributed by atoms with Gasteiger partial charge in [0.1, 0.15) is 10.6 Å². The Kier molecular flexibility index (Phi) is 6.34. The second-order valence-electron chi connectivity index (χ2n) is 5.97. The Morgan fingerprint density at radius 2 is 1.86 bits per heavy atom. The van der Waals surface area contributed by atoms with Gasteiger partial charge in [0.25, 0.3) is 5.91 Å². The number of rotatable bonds is 6. The smallest absolute Gasteiger partial charge is 0.349 e. The number of nitrogens with one attached hydrogen (secondary N) is 1. The summed E-state index contributed by atoms with van der Waals surface area (Å²) in [4.78, 5) is 26.0. The lowest BCUT2D eigenvalue weighted by atomic mass is 10.1. The molecule has 0 saturated carbocycles. The molecule has 1 atom stereocenters. The summed E-state index contributed by atoms with van der Waals surface area (Å²) < 4.78 is 10.7. The van der Waals surface area contributed by atoms with Crippen LogP contribution >= 0.6 is 22.9 Å². The molecule has 0 aliphatic carbocycles. The van der Waals surface area contributed by atoms with Gasteiger partial charge in [0.05, 0.1) is 12.1 Å². The average Bonchev–Trinajstić information content (AvgIpc) is 3.12. The van der Waals surface area contributed by atoms with Gasteiger partial charge < -0.3 is 14.8 Å². The number of methoxy groups -OCH3 is 1. The quantitative estimate of drug-likeness (QED) is 0.558. The standard InChI is InChI=1S/C21H18ClNO4S/c1-13-10-11-28-19(13)21(25)27-18(14-6-4-3-5-7-14)20(24)23-15-8-9-17(26-2)16(22)12-15/h3-12,18H,1-2H3,(H,23,24)/t18-/m1/s1. The minimum Gasteiger partial charge on any atom is -0.495 e. The van der Waals surface area contributed by atoms with Gasteiger partial charge in [-0.1, -0.05) is 41.9 Å². The zero-order valence-electron chi connectivity index (χ0n) is 15.3. The molecule has 3 aromatic rings. The SMILES string of the molecule is COc1ccc(NC(=O)[C@H](OC(=O)c2sccc2C)c2ccccc2)cc1Cl. The molecule has 5 nitrogen and oxygen atoms in total. The highest BCUT2D eigenvalue weighted by Gasteiger charge is 2.27. The van der Waals surface area contributed by atoms with Crippen LogP contribution in [0.1, 0.15) is 26.9 Å². The van der Waals surface area contributed by atoms with Crippen molar-refractivity contribution in [1.82, 2.24) is 0 Å². The van der Waals surface area contributed by atoms with Gasteiger partial charge in [-0.2, -0.15) is 0 Å². The lowest BCUT2D eigenvalue weighted by molar-refractivity contribution is -0.125. The van der Waals surface area contributed by atoms with Gasteiger partial charge in [-0.05, 0) is 42.1 Å². The molecule has 1 heterocycles. The summed E-state index contributed by atoms with van der Waals surface area (Å²) in [6, 6.07) is 15.6. The number of hydrogen-bond acceptors (Lipinski definition) is 5. The van der Waals surface area contributed by atoms with Crippen molar-refractivity contribution >= 4 is 40.5 Å². The Morgan fingerprint density at radius 3 is 2.46 bits per heavy atom. The van der Waals surface area contributed by atoms with E-state index in [1.165, 1.54) is 18.4 Å². The van der Waals surface area contributed by atoms with Crippen molar-refractivity contribution in [3.05, 3.63) is 81.0 Å². The van der Waals surface area contributed by atoms with Crippen molar-refractivity contribution in [2.75, 3.05) is 12.4 Å². The average molecular weight is 416 g/mol. The van der Waals surface area contributed by atoms with Crippen LogP contribution < -0.4 is 10.1 Å². The topological polar surface area (TPSA) is 64.6 Å². The third-order valence-corrected chi connectivity index (χ3v) is 5.32. The minimum atomic E-state index is -1.10. The number of amides is 1. The van der Waals surface area contributed by atoms with Gasteiger partial charge in [-0.3, -0.25) is 4.79 Å². The monoisotopic (exact) mass is 415 g/mol. The molecule has 7 heteroatoms. The predicted molar refractivity (Wildman–Crippen MR) is 110 cm³/mol. The van der Waals surface area contributed by atoms with E-state index in [9.17, 15) is 9.59 Å². The molecule has 28 heavy (non-hydrogen) atoms. The molecular weight excluding hydrogens is 398 g/mol. The number of anilines is 1. The van der Waals surface area contributed by atoms with Gasteiger partial charge in [0, 0.05) is 11.3 Å². The van der Waals surface area contributed by atoms with E-state index >= 15 is 0 Å². The highest BCUT2D eigenvalue weighted by molar-refractivity contribution is 7.12. The van der Waals surface area contributed by atoms with Gasteiger partial charge in [-0.15, -0.1) is 11.3 Å². The first-order chi connectivity index (χ1) is 13.5. The number of hydrogen-bond donors (Lipinski definition) is 1. The molecule has 1 aromatic heterocycles. The number of carbonyl (C=O) groups is 2. The number of carbonyl (C=O) groups excluding carboxylic acids is 2. The highest BCUT2D eigenvalue weighted by atomic mass is 35.5. The summed E-state index contributed by atoms with van der Waals surface area (Å²) in [6.45, 7) is 1.82. The Morgan fingerprint density at radius 1 is 1.11 bits per heavy atom. The van der Waals surface area contributed by atoms with Crippen LogP contribution in [0.4, 0.5) is 5.69 Å². The van der Waals surface area contributed by atoms with Gasteiger partial charge in [-0.25, -0.2) is 4.79 Å². The third kappa shape index (κ3) is 4.52. The van der Waals surface area contributed by atoms with Gasteiger partial charge in [0.2, 0.25) is 6.10 Å². The molecule has 0 aliphatic rings. The van der Waals surface area contributed by atoms with Crippen molar-refractivity contribution in [2.45, 2.75) is 13.0 Å². The van der Waals surface area contributed by atoms with E-state index in [-0.39, 0.29) is 0 Å². The van der Waals surface area contributed by atoms with Crippen molar-refractivity contribution in [2.24, 2.45) is 0 Å². The Hall–Kier alpha value is -2.83. The molecule has 0 aliphatic heterocycles. The maximum Gasteiger partial charge on any atom is 0.349 e. The van der Waals surface area contributed by atoms with E-state index in [1.807, 2.05) is 24.4 Å². The molecule has 3 rings (SSSR count). The van der Waals surface area contributed by atoms with Crippen LogP contribution in [0.5, 0.6) is 5.75 Å². The summed E-state index contributed by atoms with van der Waals surface area (Å²) in [7, 11) is 1.51. The van der Waals surface area contributed by atoms with Crippen LogP contribution in [0.3, 0.4) is 0 Å². The van der Waals surface area contributed by atoms with Crippen LogP contribution in [0.2, 0.25) is 5.02 Å². The third-order valence-electron chi connectivity index (χ3n) is 4.03. The van der Waals surface area contributed by atoms with E-state index < -0.39 is 18.0 Å². The maximum atomic E-state index is 12.9. The van der Waals surface area contributed by atoms with E-state index in [2.05, 4.69) is 5.32 Å². The number of thiophene rings is 1. The Labute approximate surface area is 171 Å². The minimum absolute atomic E-state index is 0.364. The lowest BCUT2D eigenvalue weighted by Gasteiger charge is -2.18.